The van der Waals surface area contributed by atoms with E-state index in [2.05, 4.69) is 21.1 Å². The molecule has 0 aliphatic rings. The van der Waals surface area contributed by atoms with Crippen LogP contribution in [0.4, 0.5) is 0 Å². The van der Waals surface area contributed by atoms with Crippen LogP contribution in [0.3, 0.4) is 0 Å². The van der Waals surface area contributed by atoms with E-state index in [-0.39, 0.29) is 10.5 Å². The Morgan fingerprint density at radius 2 is 2.33 bits per heavy atom. The van der Waals surface area contributed by atoms with Gasteiger partial charge < -0.3 is 9.63 Å². The van der Waals surface area contributed by atoms with Crippen LogP contribution in [0.25, 0.3) is 0 Å². The molecule has 0 amide bonds. The summed E-state index contributed by atoms with van der Waals surface area (Å²) in [6.07, 6.45) is 0. The standard InChI is InChI=1S/C7H8BrNO3/c1-3-5(7(10)11)9-12-6(3)4(2)8/h4H,1-2H3,(H,10,11). The topological polar surface area (TPSA) is 63.3 Å². The minimum absolute atomic E-state index is 0.0156. The first-order chi connectivity index (χ1) is 5.54. The summed E-state index contributed by atoms with van der Waals surface area (Å²) in [6, 6.07) is 0. The highest BCUT2D eigenvalue weighted by Crippen LogP contribution is 2.26. The molecular weight excluding hydrogens is 226 g/mol. The molecule has 0 saturated heterocycles. The largest absolute Gasteiger partial charge is 0.476 e. The van der Waals surface area contributed by atoms with Gasteiger partial charge in [0.1, 0.15) is 0 Å². The fourth-order valence-electron chi connectivity index (χ4n) is 0.919. The number of carboxylic acids is 1. The predicted molar refractivity (Wildman–Crippen MR) is 45.5 cm³/mol. The van der Waals surface area contributed by atoms with Crippen LogP contribution >= 0.6 is 15.9 Å². The van der Waals surface area contributed by atoms with Crippen LogP contribution in [0.5, 0.6) is 0 Å². The summed E-state index contributed by atoms with van der Waals surface area (Å²) < 4.78 is 4.84. The van der Waals surface area contributed by atoms with E-state index < -0.39 is 5.97 Å². The first kappa shape index (κ1) is 9.25. The normalized spacial score (nSPS) is 12.9. The molecule has 0 aromatic carbocycles. The van der Waals surface area contributed by atoms with Crippen molar-refractivity contribution in [1.82, 2.24) is 5.16 Å². The van der Waals surface area contributed by atoms with Crippen molar-refractivity contribution in [3.63, 3.8) is 0 Å². The molecule has 0 bridgehead atoms. The molecule has 1 rings (SSSR count). The molecule has 4 nitrogen and oxygen atoms in total. The zero-order valence-electron chi connectivity index (χ0n) is 6.67. The van der Waals surface area contributed by atoms with Crippen molar-refractivity contribution in [3.05, 3.63) is 17.0 Å². The second kappa shape index (κ2) is 3.26. The first-order valence-electron chi connectivity index (χ1n) is 3.37. The van der Waals surface area contributed by atoms with Crippen LogP contribution in [0.2, 0.25) is 0 Å². The fourth-order valence-corrected chi connectivity index (χ4v) is 1.35. The minimum atomic E-state index is -1.06. The van der Waals surface area contributed by atoms with E-state index in [0.29, 0.717) is 11.3 Å². The van der Waals surface area contributed by atoms with Gasteiger partial charge in [0.2, 0.25) is 0 Å². The molecule has 0 aliphatic carbocycles. The number of hydrogen-bond acceptors (Lipinski definition) is 3. The van der Waals surface area contributed by atoms with Gasteiger partial charge in [-0.05, 0) is 13.8 Å². The number of halogens is 1. The zero-order valence-corrected chi connectivity index (χ0v) is 8.25. The average Bonchev–Trinajstić information content (AvgIpc) is 2.30. The summed E-state index contributed by atoms with van der Waals surface area (Å²) in [5.41, 5.74) is 0.558. The number of aromatic carboxylic acids is 1. The maximum atomic E-state index is 10.5. The molecule has 66 valence electrons. The van der Waals surface area contributed by atoms with Crippen LogP contribution < -0.4 is 0 Å². The quantitative estimate of drug-likeness (QED) is 0.796. The maximum Gasteiger partial charge on any atom is 0.358 e. The number of carboxylic acid groups (broad SMARTS) is 1. The maximum absolute atomic E-state index is 10.5. The van der Waals surface area contributed by atoms with E-state index in [1.807, 2.05) is 6.92 Å². The van der Waals surface area contributed by atoms with E-state index in [9.17, 15) is 4.79 Å². The van der Waals surface area contributed by atoms with Crippen molar-refractivity contribution < 1.29 is 14.4 Å². The van der Waals surface area contributed by atoms with Crippen LogP contribution in [0.1, 0.15) is 33.6 Å². The summed E-state index contributed by atoms with van der Waals surface area (Å²) in [7, 11) is 0. The number of aromatic nitrogens is 1. The van der Waals surface area contributed by atoms with Gasteiger partial charge in [0, 0.05) is 5.56 Å². The van der Waals surface area contributed by atoms with E-state index in [0.717, 1.165) is 0 Å². The monoisotopic (exact) mass is 233 g/mol. The Bertz CT molecular complexity index is 306. The van der Waals surface area contributed by atoms with Gasteiger partial charge in [-0.15, -0.1) is 0 Å². The van der Waals surface area contributed by atoms with Gasteiger partial charge in [-0.3, -0.25) is 0 Å². The van der Waals surface area contributed by atoms with Crippen molar-refractivity contribution in [3.8, 4) is 0 Å². The van der Waals surface area contributed by atoms with Crippen molar-refractivity contribution in [1.29, 1.82) is 0 Å². The lowest BCUT2D eigenvalue weighted by Gasteiger charge is -1.96. The lowest BCUT2D eigenvalue weighted by atomic mass is 10.2. The highest BCUT2D eigenvalue weighted by atomic mass is 79.9. The van der Waals surface area contributed by atoms with Gasteiger partial charge in [-0.25, -0.2) is 4.79 Å². The van der Waals surface area contributed by atoms with Gasteiger partial charge in [-0.1, -0.05) is 21.1 Å². The highest BCUT2D eigenvalue weighted by Gasteiger charge is 2.19. The molecule has 1 aromatic heterocycles. The Morgan fingerprint density at radius 3 is 2.58 bits per heavy atom. The third-order valence-electron chi connectivity index (χ3n) is 1.52. The molecule has 12 heavy (non-hydrogen) atoms. The first-order valence-corrected chi connectivity index (χ1v) is 4.29. The van der Waals surface area contributed by atoms with Crippen LogP contribution in [0.15, 0.2) is 4.52 Å². The second-order valence-electron chi connectivity index (χ2n) is 2.44. The van der Waals surface area contributed by atoms with E-state index in [1.165, 1.54) is 0 Å². The smallest absolute Gasteiger partial charge is 0.358 e. The van der Waals surface area contributed by atoms with Gasteiger partial charge in [0.25, 0.3) is 0 Å². The Balaban J connectivity index is 3.13. The molecular formula is C7H8BrNO3. The van der Waals surface area contributed by atoms with E-state index in [1.54, 1.807) is 6.92 Å². The molecule has 0 radical (unpaired) electrons. The lowest BCUT2D eigenvalue weighted by Crippen LogP contribution is -1.99. The molecule has 1 N–H and O–H groups in total. The molecule has 0 spiro atoms. The Hall–Kier alpha value is -0.840. The van der Waals surface area contributed by atoms with Gasteiger partial charge in [0.05, 0.1) is 4.83 Å². The molecule has 1 heterocycles. The Kier molecular flexibility index (Phi) is 2.52. The predicted octanol–water partition coefficient (Wildman–Crippen LogP) is 2.14. The molecule has 1 aromatic rings. The number of alkyl halides is 1. The van der Waals surface area contributed by atoms with Crippen LogP contribution in [0, 0.1) is 6.92 Å². The molecule has 5 heteroatoms. The van der Waals surface area contributed by atoms with Gasteiger partial charge in [0.15, 0.2) is 11.5 Å². The zero-order chi connectivity index (χ0) is 9.30. The van der Waals surface area contributed by atoms with Crippen molar-refractivity contribution in [2.75, 3.05) is 0 Å². The summed E-state index contributed by atoms with van der Waals surface area (Å²) in [4.78, 5) is 10.5. The third-order valence-corrected chi connectivity index (χ3v) is 1.94. The second-order valence-corrected chi connectivity index (χ2v) is 3.82. The summed E-state index contributed by atoms with van der Waals surface area (Å²) >= 11 is 3.27. The van der Waals surface area contributed by atoms with Gasteiger partial charge >= 0.3 is 5.97 Å². The Morgan fingerprint density at radius 1 is 1.75 bits per heavy atom. The number of carbonyl (C=O) groups is 1. The molecule has 0 saturated carbocycles. The number of nitrogens with zero attached hydrogens (tertiary/aromatic N) is 1. The average molecular weight is 234 g/mol. The van der Waals surface area contributed by atoms with Crippen molar-refractivity contribution >= 4 is 21.9 Å². The van der Waals surface area contributed by atoms with E-state index in [4.69, 9.17) is 9.63 Å². The van der Waals surface area contributed by atoms with Crippen molar-refractivity contribution in [2.24, 2.45) is 0 Å². The number of rotatable bonds is 2. The molecule has 0 fully saturated rings. The Labute approximate surface area is 77.7 Å². The van der Waals surface area contributed by atoms with Crippen LogP contribution in [-0.2, 0) is 0 Å². The molecule has 0 aliphatic heterocycles. The summed E-state index contributed by atoms with van der Waals surface area (Å²) in [6.45, 7) is 3.52. The fraction of sp³-hybridized carbons (Fsp3) is 0.429. The SMILES string of the molecule is Cc1c(C(=O)O)noc1C(C)Br. The highest BCUT2D eigenvalue weighted by molar-refractivity contribution is 9.09. The van der Waals surface area contributed by atoms with Gasteiger partial charge in [-0.2, -0.15) is 0 Å². The van der Waals surface area contributed by atoms with E-state index >= 15 is 0 Å². The minimum Gasteiger partial charge on any atom is -0.476 e. The third kappa shape index (κ3) is 1.50. The summed E-state index contributed by atoms with van der Waals surface area (Å²) in [5, 5.41) is 12.1. The molecule has 1 atom stereocenters. The summed E-state index contributed by atoms with van der Waals surface area (Å²) in [5.74, 6) is -0.497. The molecule has 1 unspecified atom stereocenters. The van der Waals surface area contributed by atoms with Crippen molar-refractivity contribution in [2.45, 2.75) is 18.7 Å². The number of hydrogen-bond donors (Lipinski definition) is 1. The van der Waals surface area contributed by atoms with Crippen LogP contribution in [-0.4, -0.2) is 16.2 Å². The lowest BCUT2D eigenvalue weighted by molar-refractivity contribution is 0.0685.